The molecule has 1 aromatic heterocycles. The molecule has 0 spiro atoms. The minimum absolute atomic E-state index is 0.0290. The number of hydrogen-bond donors (Lipinski definition) is 1. The molecule has 1 unspecified atom stereocenters. The summed E-state index contributed by atoms with van der Waals surface area (Å²) in [6, 6.07) is 4.19. The van der Waals surface area contributed by atoms with Crippen molar-refractivity contribution in [1.29, 1.82) is 0 Å². The van der Waals surface area contributed by atoms with Crippen molar-refractivity contribution < 1.29 is 13.3 Å². The third kappa shape index (κ3) is 4.60. The van der Waals surface area contributed by atoms with E-state index in [1.807, 2.05) is 31.5 Å². The highest BCUT2D eigenvalue weighted by atomic mass is 35.5. The highest BCUT2D eigenvalue weighted by Crippen LogP contribution is 2.29. The van der Waals surface area contributed by atoms with Crippen LogP contribution in [-0.2, 0) is 16.6 Å². The zero-order valence-electron chi connectivity index (χ0n) is 15.0. The van der Waals surface area contributed by atoms with Gasteiger partial charge < -0.3 is 0 Å². The van der Waals surface area contributed by atoms with E-state index in [9.17, 15) is 18.5 Å². The van der Waals surface area contributed by atoms with Crippen LogP contribution in [-0.4, -0.2) is 29.7 Å². The molecule has 0 saturated heterocycles. The van der Waals surface area contributed by atoms with E-state index in [1.54, 1.807) is 0 Å². The van der Waals surface area contributed by atoms with Crippen LogP contribution in [0.5, 0.6) is 0 Å². The van der Waals surface area contributed by atoms with Gasteiger partial charge in [-0.3, -0.25) is 14.8 Å². The van der Waals surface area contributed by atoms with Gasteiger partial charge in [-0.2, -0.15) is 5.10 Å². The first-order valence-corrected chi connectivity index (χ1v) is 9.82. The van der Waals surface area contributed by atoms with Crippen LogP contribution in [0.3, 0.4) is 0 Å². The second-order valence-electron chi connectivity index (χ2n) is 6.37. The molecule has 0 amide bonds. The van der Waals surface area contributed by atoms with Crippen LogP contribution in [0.15, 0.2) is 23.1 Å². The van der Waals surface area contributed by atoms with Crippen molar-refractivity contribution in [3.8, 4) is 0 Å². The standard InChI is InChI=1S/C16H21ClN4O4S/c1-10(9-20-12(3)5-11(2)19-20)8-18-26(24,25)14-6-15(17)13(4)16(7-14)21(22)23/h5-7,10,18H,8-9H2,1-4H3. The zero-order chi connectivity index (χ0) is 19.6. The lowest BCUT2D eigenvalue weighted by Gasteiger charge is -2.14. The lowest BCUT2D eigenvalue weighted by Crippen LogP contribution is -2.30. The van der Waals surface area contributed by atoms with Gasteiger partial charge in [-0.1, -0.05) is 18.5 Å². The van der Waals surface area contributed by atoms with E-state index in [4.69, 9.17) is 11.6 Å². The maximum absolute atomic E-state index is 12.5. The van der Waals surface area contributed by atoms with Crippen LogP contribution >= 0.6 is 11.6 Å². The SMILES string of the molecule is Cc1cc(C)n(CC(C)CNS(=O)(=O)c2cc(Cl)c(C)c([N+](=O)[O-])c2)n1. The summed E-state index contributed by atoms with van der Waals surface area (Å²) in [5.74, 6) is -0.0290. The fourth-order valence-corrected chi connectivity index (χ4v) is 4.03. The van der Waals surface area contributed by atoms with Gasteiger partial charge in [0.25, 0.3) is 5.69 Å². The highest BCUT2D eigenvalue weighted by molar-refractivity contribution is 7.89. The number of benzene rings is 1. The largest absolute Gasteiger partial charge is 0.275 e. The Morgan fingerprint density at radius 3 is 2.50 bits per heavy atom. The number of hydrogen-bond acceptors (Lipinski definition) is 5. The Labute approximate surface area is 157 Å². The third-order valence-electron chi connectivity index (χ3n) is 4.01. The van der Waals surface area contributed by atoms with E-state index < -0.39 is 14.9 Å². The molecule has 0 aliphatic carbocycles. The number of nitro benzene ring substituents is 1. The van der Waals surface area contributed by atoms with Crippen molar-refractivity contribution in [2.24, 2.45) is 5.92 Å². The number of sulfonamides is 1. The number of halogens is 1. The Hall–Kier alpha value is -1.97. The molecular formula is C16H21ClN4O4S. The molecule has 1 atom stereocenters. The van der Waals surface area contributed by atoms with E-state index in [0.717, 1.165) is 17.5 Å². The Bertz CT molecular complexity index is 940. The van der Waals surface area contributed by atoms with Gasteiger partial charge in [0.15, 0.2) is 0 Å². The molecule has 1 heterocycles. The summed E-state index contributed by atoms with van der Waals surface area (Å²) in [5, 5.41) is 15.5. The molecule has 8 nitrogen and oxygen atoms in total. The molecule has 0 radical (unpaired) electrons. The summed E-state index contributed by atoms with van der Waals surface area (Å²) in [6.07, 6.45) is 0. The second kappa shape index (κ2) is 7.73. The van der Waals surface area contributed by atoms with Gasteiger partial charge in [0.05, 0.1) is 20.5 Å². The average molecular weight is 401 g/mol. The van der Waals surface area contributed by atoms with Crippen molar-refractivity contribution in [2.45, 2.75) is 39.1 Å². The average Bonchev–Trinajstić information content (AvgIpc) is 2.85. The van der Waals surface area contributed by atoms with Gasteiger partial charge in [-0.15, -0.1) is 0 Å². The normalized spacial score (nSPS) is 13.0. The van der Waals surface area contributed by atoms with Gasteiger partial charge in [0.1, 0.15) is 0 Å². The molecule has 10 heteroatoms. The van der Waals surface area contributed by atoms with Gasteiger partial charge in [0.2, 0.25) is 10.0 Å². The summed E-state index contributed by atoms with van der Waals surface area (Å²) >= 11 is 5.95. The van der Waals surface area contributed by atoms with E-state index in [0.29, 0.717) is 6.54 Å². The van der Waals surface area contributed by atoms with Crippen molar-refractivity contribution in [3.05, 3.63) is 50.3 Å². The molecule has 1 N–H and O–H groups in total. The fraction of sp³-hybridized carbons (Fsp3) is 0.438. The van der Waals surface area contributed by atoms with Crippen LogP contribution in [0.2, 0.25) is 5.02 Å². The summed E-state index contributed by atoms with van der Waals surface area (Å²) in [6.45, 7) is 7.91. The topological polar surface area (TPSA) is 107 Å². The molecule has 0 fully saturated rings. The third-order valence-corrected chi connectivity index (χ3v) is 5.80. The van der Waals surface area contributed by atoms with Crippen LogP contribution in [0.4, 0.5) is 5.69 Å². The first-order valence-electron chi connectivity index (χ1n) is 7.96. The molecule has 0 aliphatic heterocycles. The Morgan fingerprint density at radius 2 is 1.96 bits per heavy atom. The number of nitrogens with one attached hydrogen (secondary N) is 1. The molecule has 1 aromatic carbocycles. The van der Waals surface area contributed by atoms with Crippen molar-refractivity contribution >= 4 is 27.3 Å². The maximum Gasteiger partial charge on any atom is 0.275 e. The lowest BCUT2D eigenvalue weighted by molar-refractivity contribution is -0.385. The van der Waals surface area contributed by atoms with Gasteiger partial charge in [0, 0.05) is 30.4 Å². The molecule has 0 aliphatic rings. The molecule has 0 bridgehead atoms. The molecule has 0 saturated carbocycles. The van der Waals surface area contributed by atoms with Crippen molar-refractivity contribution in [1.82, 2.24) is 14.5 Å². The summed E-state index contributed by atoms with van der Waals surface area (Å²) in [7, 11) is -3.92. The minimum atomic E-state index is -3.92. The van der Waals surface area contributed by atoms with Gasteiger partial charge in [-0.05, 0) is 38.8 Å². The summed E-state index contributed by atoms with van der Waals surface area (Å²) < 4.78 is 29.3. The van der Waals surface area contributed by atoms with E-state index in [1.165, 1.54) is 13.0 Å². The molecule has 2 aromatic rings. The Balaban J connectivity index is 2.13. The lowest BCUT2D eigenvalue weighted by atomic mass is 10.2. The predicted octanol–water partition coefficient (Wildman–Crippen LogP) is 2.98. The van der Waals surface area contributed by atoms with Gasteiger partial charge >= 0.3 is 0 Å². The number of aryl methyl sites for hydroxylation is 2. The Kier molecular flexibility index (Phi) is 6.05. The minimum Gasteiger partial charge on any atom is -0.269 e. The maximum atomic E-state index is 12.5. The first-order chi connectivity index (χ1) is 12.0. The second-order valence-corrected chi connectivity index (χ2v) is 8.55. The molecule has 142 valence electrons. The van der Waals surface area contributed by atoms with Gasteiger partial charge in [-0.25, -0.2) is 13.1 Å². The first kappa shape index (κ1) is 20.3. The predicted molar refractivity (Wildman–Crippen MR) is 98.9 cm³/mol. The van der Waals surface area contributed by atoms with Crippen LogP contribution in [0, 0.1) is 36.8 Å². The van der Waals surface area contributed by atoms with Crippen molar-refractivity contribution in [2.75, 3.05) is 6.54 Å². The van der Waals surface area contributed by atoms with Crippen LogP contribution in [0.1, 0.15) is 23.9 Å². The number of aromatic nitrogens is 2. The summed E-state index contributed by atoms with van der Waals surface area (Å²) in [4.78, 5) is 10.2. The van der Waals surface area contributed by atoms with E-state index in [-0.39, 0.29) is 33.6 Å². The van der Waals surface area contributed by atoms with E-state index >= 15 is 0 Å². The van der Waals surface area contributed by atoms with Crippen LogP contribution < -0.4 is 4.72 Å². The van der Waals surface area contributed by atoms with Crippen LogP contribution in [0.25, 0.3) is 0 Å². The number of nitrogens with zero attached hydrogens (tertiary/aromatic N) is 3. The number of rotatable bonds is 7. The molecule has 2 rings (SSSR count). The Morgan fingerprint density at radius 1 is 1.31 bits per heavy atom. The molecular weight excluding hydrogens is 380 g/mol. The monoisotopic (exact) mass is 400 g/mol. The number of nitro groups is 1. The smallest absolute Gasteiger partial charge is 0.269 e. The molecule has 26 heavy (non-hydrogen) atoms. The van der Waals surface area contributed by atoms with E-state index in [2.05, 4.69) is 9.82 Å². The quantitative estimate of drug-likeness (QED) is 0.567. The van der Waals surface area contributed by atoms with Crippen molar-refractivity contribution in [3.63, 3.8) is 0 Å². The fourth-order valence-electron chi connectivity index (χ4n) is 2.54. The summed E-state index contributed by atoms with van der Waals surface area (Å²) in [5.41, 5.74) is 1.80. The highest BCUT2D eigenvalue weighted by Gasteiger charge is 2.23. The zero-order valence-corrected chi connectivity index (χ0v) is 16.6.